The number of nitrogens with one attached hydrogen (secondary N) is 1. The molecule has 1 aliphatic rings. The highest BCUT2D eigenvalue weighted by atomic mass is 16.7. The molecule has 1 aliphatic heterocycles. The molecule has 1 fully saturated rings. The molecule has 5 nitrogen and oxygen atoms in total. The fraction of sp³-hybridized carbons (Fsp3) is 0.273. The Morgan fingerprint density at radius 3 is 3.12 bits per heavy atom. The number of carbonyl (C=O) groups is 1. The maximum absolute atomic E-state index is 12.0. The van der Waals surface area contributed by atoms with Crippen LogP contribution in [0.1, 0.15) is 16.9 Å². The van der Waals surface area contributed by atoms with Crippen molar-refractivity contribution in [3.05, 3.63) is 30.0 Å². The van der Waals surface area contributed by atoms with Gasteiger partial charge in [0.15, 0.2) is 5.69 Å². The number of H-pyrrole nitrogens is 1. The zero-order chi connectivity index (χ0) is 11.0. The summed E-state index contributed by atoms with van der Waals surface area (Å²) in [6, 6.07) is 7.56. The number of para-hydroxylation sites is 1. The highest BCUT2D eigenvalue weighted by Crippen LogP contribution is 2.18. The Kier molecular flexibility index (Phi) is 2.11. The molecular weight excluding hydrogens is 206 g/mol. The summed E-state index contributed by atoms with van der Waals surface area (Å²) in [4.78, 5) is 17.3. The molecule has 0 aliphatic carbocycles. The number of hydroxylamine groups is 2. The third-order valence-corrected chi connectivity index (χ3v) is 2.65. The van der Waals surface area contributed by atoms with E-state index in [0.717, 1.165) is 17.3 Å². The standard InChI is InChI=1S/C11H11N3O2/c15-11(14-6-3-7-16-14)10-8-4-1-2-5-9(8)12-13-10/h1-2,4-5H,3,6-7H2,(H,12,13). The van der Waals surface area contributed by atoms with Crippen LogP contribution >= 0.6 is 0 Å². The van der Waals surface area contributed by atoms with Crippen molar-refractivity contribution in [2.45, 2.75) is 6.42 Å². The van der Waals surface area contributed by atoms with Crippen molar-refractivity contribution in [1.82, 2.24) is 15.3 Å². The fourth-order valence-electron chi connectivity index (χ4n) is 1.85. The van der Waals surface area contributed by atoms with Crippen LogP contribution in [0.15, 0.2) is 24.3 Å². The van der Waals surface area contributed by atoms with Crippen molar-refractivity contribution in [2.24, 2.45) is 0 Å². The molecule has 1 saturated heterocycles. The van der Waals surface area contributed by atoms with E-state index < -0.39 is 0 Å². The van der Waals surface area contributed by atoms with Gasteiger partial charge in [0.05, 0.1) is 18.7 Å². The normalized spacial score (nSPS) is 15.9. The average molecular weight is 217 g/mol. The number of carbonyl (C=O) groups excluding carboxylic acids is 1. The number of nitrogens with zero attached hydrogens (tertiary/aromatic N) is 2. The molecule has 0 bridgehead atoms. The maximum Gasteiger partial charge on any atom is 0.298 e. The molecular formula is C11H11N3O2. The molecule has 82 valence electrons. The quantitative estimate of drug-likeness (QED) is 0.784. The number of fused-ring (bicyclic) bond motifs is 1. The minimum atomic E-state index is -0.171. The topological polar surface area (TPSA) is 58.2 Å². The first kappa shape index (κ1) is 9.35. The summed E-state index contributed by atoms with van der Waals surface area (Å²) < 4.78 is 0. The number of benzene rings is 1. The van der Waals surface area contributed by atoms with Gasteiger partial charge in [0, 0.05) is 5.39 Å². The molecule has 1 aromatic carbocycles. The maximum atomic E-state index is 12.0. The lowest BCUT2D eigenvalue weighted by Gasteiger charge is -2.11. The van der Waals surface area contributed by atoms with Crippen molar-refractivity contribution < 1.29 is 9.63 Å². The molecule has 0 spiro atoms. The lowest BCUT2D eigenvalue weighted by Crippen LogP contribution is -2.26. The van der Waals surface area contributed by atoms with E-state index in [9.17, 15) is 4.79 Å². The Labute approximate surface area is 92.0 Å². The first-order chi connectivity index (χ1) is 7.86. The van der Waals surface area contributed by atoms with Crippen molar-refractivity contribution in [1.29, 1.82) is 0 Å². The molecule has 5 heteroatoms. The predicted octanol–water partition coefficient (Wildman–Crippen LogP) is 1.34. The number of amides is 1. The van der Waals surface area contributed by atoms with Crippen LogP contribution in [0.2, 0.25) is 0 Å². The zero-order valence-corrected chi connectivity index (χ0v) is 8.64. The summed E-state index contributed by atoms with van der Waals surface area (Å²) >= 11 is 0. The Morgan fingerprint density at radius 2 is 2.31 bits per heavy atom. The Bertz CT molecular complexity index is 529. The molecule has 0 atom stereocenters. The van der Waals surface area contributed by atoms with E-state index in [4.69, 9.17) is 4.84 Å². The Morgan fingerprint density at radius 1 is 1.44 bits per heavy atom. The lowest BCUT2D eigenvalue weighted by molar-refractivity contribution is -0.0770. The van der Waals surface area contributed by atoms with Gasteiger partial charge in [-0.05, 0) is 12.5 Å². The molecule has 1 aromatic heterocycles. The van der Waals surface area contributed by atoms with Gasteiger partial charge in [-0.2, -0.15) is 5.10 Å². The molecule has 2 aromatic rings. The third-order valence-electron chi connectivity index (χ3n) is 2.65. The summed E-state index contributed by atoms with van der Waals surface area (Å²) in [5, 5.41) is 9.10. The molecule has 0 unspecified atom stereocenters. The van der Waals surface area contributed by atoms with Gasteiger partial charge < -0.3 is 0 Å². The molecule has 1 amide bonds. The van der Waals surface area contributed by atoms with Crippen LogP contribution in [0.25, 0.3) is 10.9 Å². The smallest absolute Gasteiger partial charge is 0.277 e. The summed E-state index contributed by atoms with van der Waals surface area (Å²) in [7, 11) is 0. The van der Waals surface area contributed by atoms with Crippen LogP contribution in [0.3, 0.4) is 0 Å². The third kappa shape index (κ3) is 1.37. The number of aromatic nitrogens is 2. The zero-order valence-electron chi connectivity index (χ0n) is 8.64. The van der Waals surface area contributed by atoms with E-state index in [1.807, 2.05) is 24.3 Å². The van der Waals surface area contributed by atoms with E-state index in [1.54, 1.807) is 0 Å². The largest absolute Gasteiger partial charge is 0.298 e. The number of hydrogen-bond acceptors (Lipinski definition) is 3. The van der Waals surface area contributed by atoms with E-state index in [-0.39, 0.29) is 5.91 Å². The van der Waals surface area contributed by atoms with E-state index in [0.29, 0.717) is 18.8 Å². The van der Waals surface area contributed by atoms with E-state index in [1.165, 1.54) is 5.06 Å². The van der Waals surface area contributed by atoms with Crippen LogP contribution in [-0.2, 0) is 4.84 Å². The minimum absolute atomic E-state index is 0.171. The molecule has 1 N–H and O–H groups in total. The van der Waals surface area contributed by atoms with Gasteiger partial charge in [0.25, 0.3) is 5.91 Å². The second kappa shape index (κ2) is 3.61. The van der Waals surface area contributed by atoms with E-state index in [2.05, 4.69) is 10.2 Å². The van der Waals surface area contributed by atoms with Crippen LogP contribution in [0.4, 0.5) is 0 Å². The van der Waals surface area contributed by atoms with Gasteiger partial charge in [-0.15, -0.1) is 0 Å². The van der Waals surface area contributed by atoms with E-state index >= 15 is 0 Å². The van der Waals surface area contributed by atoms with Crippen molar-refractivity contribution in [2.75, 3.05) is 13.2 Å². The van der Waals surface area contributed by atoms with Gasteiger partial charge >= 0.3 is 0 Å². The number of aromatic amines is 1. The lowest BCUT2D eigenvalue weighted by atomic mass is 10.2. The molecule has 0 radical (unpaired) electrons. The van der Waals surface area contributed by atoms with Crippen LogP contribution in [-0.4, -0.2) is 34.3 Å². The molecule has 16 heavy (non-hydrogen) atoms. The fourth-order valence-corrected chi connectivity index (χ4v) is 1.85. The second-order valence-electron chi connectivity index (χ2n) is 3.71. The van der Waals surface area contributed by atoms with Gasteiger partial charge in [-0.3, -0.25) is 14.7 Å². The highest BCUT2D eigenvalue weighted by molar-refractivity contribution is 6.04. The van der Waals surface area contributed by atoms with Crippen LogP contribution in [0, 0.1) is 0 Å². The average Bonchev–Trinajstić information content (AvgIpc) is 2.98. The first-order valence-electron chi connectivity index (χ1n) is 5.24. The monoisotopic (exact) mass is 217 g/mol. The van der Waals surface area contributed by atoms with Gasteiger partial charge in [0.2, 0.25) is 0 Å². The van der Waals surface area contributed by atoms with Gasteiger partial charge in [-0.1, -0.05) is 18.2 Å². The van der Waals surface area contributed by atoms with Crippen molar-refractivity contribution in [3.8, 4) is 0 Å². The number of rotatable bonds is 1. The number of hydrogen-bond donors (Lipinski definition) is 1. The highest BCUT2D eigenvalue weighted by Gasteiger charge is 2.24. The summed E-state index contributed by atoms with van der Waals surface area (Å²) in [5.41, 5.74) is 1.29. The van der Waals surface area contributed by atoms with Crippen LogP contribution in [0.5, 0.6) is 0 Å². The first-order valence-corrected chi connectivity index (χ1v) is 5.24. The Balaban J connectivity index is 2.02. The second-order valence-corrected chi connectivity index (χ2v) is 3.71. The van der Waals surface area contributed by atoms with Gasteiger partial charge in [0.1, 0.15) is 0 Å². The van der Waals surface area contributed by atoms with Gasteiger partial charge in [-0.25, -0.2) is 5.06 Å². The molecule has 0 saturated carbocycles. The van der Waals surface area contributed by atoms with Crippen LogP contribution < -0.4 is 0 Å². The summed E-state index contributed by atoms with van der Waals surface area (Å²) in [6.07, 6.45) is 0.883. The van der Waals surface area contributed by atoms with Crippen molar-refractivity contribution in [3.63, 3.8) is 0 Å². The molecule has 2 heterocycles. The van der Waals surface area contributed by atoms with Crippen molar-refractivity contribution >= 4 is 16.8 Å². The summed E-state index contributed by atoms with van der Waals surface area (Å²) in [6.45, 7) is 1.24. The predicted molar refractivity (Wildman–Crippen MR) is 57.7 cm³/mol. The minimum Gasteiger partial charge on any atom is -0.277 e. The summed E-state index contributed by atoms with van der Waals surface area (Å²) in [5.74, 6) is -0.171. The Hall–Kier alpha value is -1.88. The SMILES string of the molecule is O=C(c1n[nH]c2ccccc12)N1CCCO1. The molecule has 3 rings (SSSR count).